The fraction of sp³-hybridized carbons (Fsp3) is 0.750. The second kappa shape index (κ2) is 34.8. The van der Waals surface area contributed by atoms with Gasteiger partial charge in [-0.25, -0.2) is 8.78 Å². The number of hydrogen-bond acceptors (Lipinski definition) is 2. The minimum Gasteiger partial charge on any atom is -0.495 e. The van der Waals surface area contributed by atoms with Crippen molar-refractivity contribution in [2.45, 2.75) is 41.6 Å². The Bertz CT molecular complexity index is 216. The van der Waals surface area contributed by atoms with Gasteiger partial charge in [0, 0.05) is 0 Å². The van der Waals surface area contributed by atoms with Crippen molar-refractivity contribution < 1.29 is 44.6 Å². The molecular formula is C16H36F8O2. The van der Waals surface area contributed by atoms with E-state index in [-0.39, 0.29) is 29.7 Å². The first kappa shape index (κ1) is 49.7. The average Bonchev–Trinajstić information content (AvgIpc) is 2.55. The number of hydrogen-bond donors (Lipinski definition) is 0. The lowest BCUT2D eigenvalue weighted by Crippen LogP contribution is -2.24. The zero-order valence-corrected chi connectivity index (χ0v) is 12.2. The predicted molar refractivity (Wildman–Crippen MR) is 95.1 cm³/mol. The van der Waals surface area contributed by atoms with Gasteiger partial charge in [0.25, 0.3) is 0 Å². The lowest BCUT2D eigenvalue weighted by Gasteiger charge is -2.09. The Hall–Kier alpha value is -1.48. The van der Waals surface area contributed by atoms with E-state index in [1.54, 1.807) is 0 Å². The molecule has 0 aromatic rings. The van der Waals surface area contributed by atoms with Crippen molar-refractivity contribution in [3.05, 3.63) is 25.7 Å². The highest BCUT2D eigenvalue weighted by atomic mass is 19.3. The molecule has 26 heavy (non-hydrogen) atoms. The SMILES string of the molecule is C.C.C.C.C=COCC(F)(F)CF.C=COCC(F)(F)CF.CF.CF. The molecule has 0 amide bonds. The van der Waals surface area contributed by atoms with Crippen LogP contribution in [0.2, 0.25) is 0 Å². The van der Waals surface area contributed by atoms with E-state index in [4.69, 9.17) is 0 Å². The molecule has 0 unspecified atom stereocenters. The second-order valence-corrected chi connectivity index (χ2v) is 2.93. The lowest BCUT2D eigenvalue weighted by molar-refractivity contribution is -0.0700. The van der Waals surface area contributed by atoms with Crippen molar-refractivity contribution in [3.63, 3.8) is 0 Å². The molecule has 0 aliphatic heterocycles. The summed E-state index contributed by atoms with van der Waals surface area (Å²) >= 11 is 0. The van der Waals surface area contributed by atoms with Crippen molar-refractivity contribution in [1.29, 1.82) is 0 Å². The predicted octanol–water partition coefficient (Wildman–Crippen LogP) is 7.22. The monoisotopic (exact) mass is 412 g/mol. The number of rotatable bonds is 8. The highest BCUT2D eigenvalue weighted by molar-refractivity contribution is 4.65. The van der Waals surface area contributed by atoms with Gasteiger partial charge in [0.15, 0.2) is 26.6 Å². The fourth-order valence-corrected chi connectivity index (χ4v) is 0.439. The summed E-state index contributed by atoms with van der Waals surface area (Å²) in [6.45, 7) is 0.778. The van der Waals surface area contributed by atoms with Gasteiger partial charge in [0.1, 0.15) is 0 Å². The molecule has 0 aromatic carbocycles. The summed E-state index contributed by atoms with van der Waals surface area (Å²) in [5, 5.41) is 0. The Balaban J connectivity index is -0.0000000307. The maximum absolute atomic E-state index is 11.8. The summed E-state index contributed by atoms with van der Waals surface area (Å²) in [7, 11) is 1.00. The van der Waals surface area contributed by atoms with E-state index in [0.29, 0.717) is 14.4 Å². The molecule has 0 heterocycles. The minimum atomic E-state index is -3.37. The van der Waals surface area contributed by atoms with Crippen LogP contribution in [-0.4, -0.2) is 52.8 Å². The molecule has 0 radical (unpaired) electrons. The maximum atomic E-state index is 11.8. The molecule has 0 saturated carbocycles. The van der Waals surface area contributed by atoms with Crippen LogP contribution in [-0.2, 0) is 9.47 Å². The summed E-state index contributed by atoms with van der Waals surface area (Å²) in [6.07, 6.45) is 1.70. The smallest absolute Gasteiger partial charge is 0.309 e. The van der Waals surface area contributed by atoms with Gasteiger partial charge < -0.3 is 9.47 Å². The molecule has 0 saturated heterocycles. The van der Waals surface area contributed by atoms with Gasteiger partial charge in [0.2, 0.25) is 0 Å². The zero-order valence-electron chi connectivity index (χ0n) is 12.2. The van der Waals surface area contributed by atoms with Gasteiger partial charge in [-0.2, -0.15) is 17.6 Å². The molecule has 0 atom stereocenters. The van der Waals surface area contributed by atoms with Gasteiger partial charge in [-0.05, 0) is 0 Å². The molecule has 2 nitrogen and oxygen atoms in total. The normalized spacial score (nSPS) is 8.08. The molecule has 0 N–H and O–H groups in total. The first-order valence-electron chi connectivity index (χ1n) is 5.33. The third-order valence-electron chi connectivity index (χ3n) is 1.22. The standard InChI is InChI=1S/2C5H7F3O.2CH3F.4CH4/c2*1-2-9-4-5(7,8)3-6;2*1-2;;;;/h2*2H,1,3-4H2;2*1H3;4*1H4. The van der Waals surface area contributed by atoms with Crippen LogP contribution in [0.3, 0.4) is 0 Å². The Kier molecular flexibility index (Phi) is 66.5. The van der Waals surface area contributed by atoms with E-state index < -0.39 is 38.4 Å². The van der Waals surface area contributed by atoms with Crippen molar-refractivity contribution >= 4 is 0 Å². The van der Waals surface area contributed by atoms with Crippen LogP contribution in [0.5, 0.6) is 0 Å². The molecule has 0 aromatic heterocycles. The summed E-state index contributed by atoms with van der Waals surface area (Å²) < 4.78 is 96.8. The first-order chi connectivity index (χ1) is 10.2. The van der Waals surface area contributed by atoms with Crippen LogP contribution in [0.4, 0.5) is 35.1 Å². The lowest BCUT2D eigenvalue weighted by atomic mass is 10.4. The molecule has 168 valence electrons. The third-order valence-corrected chi connectivity index (χ3v) is 1.22. The van der Waals surface area contributed by atoms with Gasteiger partial charge in [-0.15, -0.1) is 0 Å². The van der Waals surface area contributed by atoms with Crippen molar-refractivity contribution in [3.8, 4) is 0 Å². The van der Waals surface area contributed by atoms with Gasteiger partial charge >= 0.3 is 11.8 Å². The first-order valence-corrected chi connectivity index (χ1v) is 5.33. The number of halogens is 8. The largest absolute Gasteiger partial charge is 0.495 e. The molecule has 0 rings (SSSR count). The van der Waals surface area contributed by atoms with E-state index in [1.165, 1.54) is 0 Å². The van der Waals surface area contributed by atoms with Gasteiger partial charge in [-0.3, -0.25) is 8.78 Å². The maximum Gasteiger partial charge on any atom is 0.309 e. The molecule has 0 spiro atoms. The quantitative estimate of drug-likeness (QED) is 0.310. The van der Waals surface area contributed by atoms with E-state index in [9.17, 15) is 35.1 Å². The summed E-state index contributed by atoms with van der Waals surface area (Å²) in [5.41, 5.74) is 0. The zero-order chi connectivity index (χ0) is 18.7. The molecular weight excluding hydrogens is 376 g/mol. The number of alkyl halides is 8. The van der Waals surface area contributed by atoms with E-state index in [0.717, 1.165) is 12.5 Å². The summed E-state index contributed by atoms with van der Waals surface area (Å²) in [4.78, 5) is 0. The van der Waals surface area contributed by atoms with Crippen LogP contribution in [0, 0.1) is 0 Å². The molecule has 0 aliphatic rings. The van der Waals surface area contributed by atoms with Gasteiger partial charge in [0.05, 0.1) is 26.9 Å². The molecule has 0 aliphatic carbocycles. The average molecular weight is 412 g/mol. The van der Waals surface area contributed by atoms with Crippen LogP contribution in [0.1, 0.15) is 29.7 Å². The Morgan fingerprint density at radius 1 is 0.654 bits per heavy atom. The fourth-order valence-electron chi connectivity index (χ4n) is 0.439. The summed E-state index contributed by atoms with van der Waals surface area (Å²) in [5.74, 6) is -6.73. The Labute approximate surface area is 153 Å². The van der Waals surface area contributed by atoms with E-state index in [2.05, 4.69) is 22.6 Å². The third kappa shape index (κ3) is 49.5. The highest BCUT2D eigenvalue weighted by Crippen LogP contribution is 2.14. The van der Waals surface area contributed by atoms with Gasteiger partial charge in [-0.1, -0.05) is 42.9 Å². The van der Waals surface area contributed by atoms with Crippen LogP contribution >= 0.6 is 0 Å². The Morgan fingerprint density at radius 2 is 0.846 bits per heavy atom. The summed E-state index contributed by atoms with van der Waals surface area (Å²) in [6, 6.07) is 0. The Morgan fingerprint density at radius 3 is 0.962 bits per heavy atom. The molecule has 0 fully saturated rings. The highest BCUT2D eigenvalue weighted by Gasteiger charge is 2.29. The topological polar surface area (TPSA) is 18.5 Å². The van der Waals surface area contributed by atoms with Crippen molar-refractivity contribution in [1.82, 2.24) is 0 Å². The van der Waals surface area contributed by atoms with Crippen LogP contribution < -0.4 is 0 Å². The van der Waals surface area contributed by atoms with Crippen molar-refractivity contribution in [2.24, 2.45) is 0 Å². The second-order valence-electron chi connectivity index (χ2n) is 2.93. The van der Waals surface area contributed by atoms with Crippen molar-refractivity contribution in [2.75, 3.05) is 40.9 Å². The van der Waals surface area contributed by atoms with Crippen LogP contribution in [0.25, 0.3) is 0 Å². The van der Waals surface area contributed by atoms with Crippen LogP contribution in [0.15, 0.2) is 25.7 Å². The van der Waals surface area contributed by atoms with E-state index in [1.807, 2.05) is 0 Å². The molecule has 10 heteroatoms. The molecule has 0 bridgehead atoms. The minimum absolute atomic E-state index is 0. The van der Waals surface area contributed by atoms with E-state index >= 15 is 0 Å². The number of ether oxygens (including phenoxy) is 2.